The van der Waals surface area contributed by atoms with Crippen LogP contribution < -0.4 is 15.5 Å². The minimum absolute atomic E-state index is 0.119. The van der Waals surface area contributed by atoms with E-state index in [1.54, 1.807) is 12.1 Å². The summed E-state index contributed by atoms with van der Waals surface area (Å²) in [5.41, 5.74) is 1.13. The first-order chi connectivity index (χ1) is 12.9. The molecule has 1 atom stereocenters. The lowest BCUT2D eigenvalue weighted by molar-refractivity contribution is 0.0948. The van der Waals surface area contributed by atoms with Crippen LogP contribution in [0.5, 0.6) is 0 Å². The van der Waals surface area contributed by atoms with Crippen molar-refractivity contribution < 1.29 is 17.9 Å². The first-order valence-corrected chi connectivity index (χ1v) is 10.7. The second kappa shape index (κ2) is 8.55. The van der Waals surface area contributed by atoms with E-state index in [2.05, 4.69) is 15.5 Å². The number of morpholine rings is 1. The van der Waals surface area contributed by atoms with Crippen LogP contribution in [0, 0.1) is 0 Å². The van der Waals surface area contributed by atoms with Crippen molar-refractivity contribution in [2.45, 2.75) is 23.8 Å². The number of sulfonamides is 1. The lowest BCUT2D eigenvalue weighted by atomic mass is 10.1. The summed E-state index contributed by atoms with van der Waals surface area (Å²) in [6.07, 6.45) is 2.14. The van der Waals surface area contributed by atoms with Crippen LogP contribution in [0.15, 0.2) is 23.1 Å². The summed E-state index contributed by atoms with van der Waals surface area (Å²) >= 11 is 0. The summed E-state index contributed by atoms with van der Waals surface area (Å²) in [4.78, 5) is 15.1. The molecule has 2 heterocycles. The van der Waals surface area contributed by atoms with E-state index in [1.807, 2.05) is 0 Å². The average molecular weight is 397 g/mol. The summed E-state index contributed by atoms with van der Waals surface area (Å²) in [5.74, 6) is -0.249. The van der Waals surface area contributed by atoms with Gasteiger partial charge in [-0.15, -0.1) is 0 Å². The van der Waals surface area contributed by atoms with Crippen LogP contribution in [0.1, 0.15) is 23.2 Å². The molecular formula is C18H28N4O4S. The van der Waals surface area contributed by atoms with Crippen LogP contribution in [0.4, 0.5) is 5.69 Å². The van der Waals surface area contributed by atoms with E-state index < -0.39 is 10.0 Å². The Bertz CT molecular complexity index is 770. The fourth-order valence-corrected chi connectivity index (χ4v) is 4.32. The van der Waals surface area contributed by atoms with Gasteiger partial charge in [0.1, 0.15) is 0 Å². The molecule has 9 heteroatoms. The lowest BCUT2D eigenvalue weighted by Gasteiger charge is -2.30. The Labute approximate surface area is 160 Å². The number of ether oxygens (including phenoxy) is 1. The summed E-state index contributed by atoms with van der Waals surface area (Å²) < 4.78 is 31.6. The Morgan fingerprint density at radius 1 is 1.33 bits per heavy atom. The molecule has 150 valence electrons. The van der Waals surface area contributed by atoms with Gasteiger partial charge in [-0.05, 0) is 37.6 Å². The van der Waals surface area contributed by atoms with E-state index in [-0.39, 0.29) is 16.8 Å². The molecule has 2 aliphatic heterocycles. The number of carbonyl (C=O) groups excluding carboxylic acids is 1. The third-order valence-corrected chi connectivity index (χ3v) is 6.83. The molecule has 1 aromatic carbocycles. The van der Waals surface area contributed by atoms with Crippen molar-refractivity contribution >= 4 is 21.6 Å². The zero-order valence-electron chi connectivity index (χ0n) is 15.9. The van der Waals surface area contributed by atoms with Crippen LogP contribution in [0.3, 0.4) is 0 Å². The van der Waals surface area contributed by atoms with E-state index in [0.717, 1.165) is 29.4 Å². The van der Waals surface area contributed by atoms with Crippen LogP contribution in [-0.4, -0.2) is 78.2 Å². The van der Waals surface area contributed by atoms with E-state index in [4.69, 9.17) is 4.74 Å². The normalized spacial score (nSPS) is 20.9. The molecule has 2 fully saturated rings. The van der Waals surface area contributed by atoms with Gasteiger partial charge in [0.2, 0.25) is 10.0 Å². The molecule has 3 rings (SSSR count). The molecular weight excluding hydrogens is 368 g/mol. The highest BCUT2D eigenvalue weighted by Crippen LogP contribution is 2.26. The maximum absolute atomic E-state index is 12.9. The number of benzene rings is 1. The maximum atomic E-state index is 12.9. The van der Waals surface area contributed by atoms with Crippen molar-refractivity contribution in [3.8, 4) is 0 Å². The number of hydrogen-bond donors (Lipinski definition) is 2. The molecule has 1 unspecified atom stereocenters. The average Bonchev–Trinajstić information content (AvgIpc) is 3.20. The van der Waals surface area contributed by atoms with E-state index >= 15 is 0 Å². The Morgan fingerprint density at radius 2 is 2.07 bits per heavy atom. The van der Waals surface area contributed by atoms with Crippen molar-refractivity contribution in [3.05, 3.63) is 23.8 Å². The van der Waals surface area contributed by atoms with E-state index in [0.29, 0.717) is 38.4 Å². The van der Waals surface area contributed by atoms with Crippen LogP contribution in [0.2, 0.25) is 0 Å². The third-order valence-electron chi connectivity index (χ3n) is 5.01. The Morgan fingerprint density at radius 3 is 2.70 bits per heavy atom. The highest BCUT2D eigenvalue weighted by Gasteiger charge is 2.25. The largest absolute Gasteiger partial charge is 0.378 e. The Balaban J connectivity index is 1.89. The molecule has 2 aliphatic rings. The molecule has 0 spiro atoms. The van der Waals surface area contributed by atoms with Gasteiger partial charge >= 0.3 is 0 Å². The summed E-state index contributed by atoms with van der Waals surface area (Å²) in [6.45, 7) is 4.02. The topological polar surface area (TPSA) is 91.0 Å². The first-order valence-electron chi connectivity index (χ1n) is 9.30. The van der Waals surface area contributed by atoms with Crippen molar-refractivity contribution in [2.24, 2.45) is 0 Å². The summed E-state index contributed by atoms with van der Waals surface area (Å²) in [6, 6.07) is 5.05. The molecule has 0 radical (unpaired) electrons. The molecule has 2 saturated heterocycles. The second-order valence-corrected chi connectivity index (χ2v) is 9.22. The molecule has 0 aromatic heterocycles. The van der Waals surface area contributed by atoms with Crippen molar-refractivity contribution in [1.29, 1.82) is 0 Å². The molecule has 1 aromatic rings. The number of anilines is 1. The molecule has 27 heavy (non-hydrogen) atoms. The summed E-state index contributed by atoms with van der Waals surface area (Å²) in [7, 11) is -0.647. The number of amides is 1. The highest BCUT2D eigenvalue weighted by molar-refractivity contribution is 7.89. The van der Waals surface area contributed by atoms with Crippen molar-refractivity contribution in [2.75, 3.05) is 58.4 Å². The molecule has 0 bridgehead atoms. The van der Waals surface area contributed by atoms with Crippen LogP contribution in [0.25, 0.3) is 0 Å². The monoisotopic (exact) mass is 396 g/mol. The molecule has 2 N–H and O–H groups in total. The van der Waals surface area contributed by atoms with Gasteiger partial charge in [0.25, 0.3) is 5.91 Å². The van der Waals surface area contributed by atoms with Gasteiger partial charge in [0, 0.05) is 45.5 Å². The highest BCUT2D eigenvalue weighted by atomic mass is 32.2. The lowest BCUT2D eigenvalue weighted by Crippen LogP contribution is -2.40. The first kappa shape index (κ1) is 20.1. The van der Waals surface area contributed by atoms with Gasteiger partial charge in [-0.3, -0.25) is 4.79 Å². The fraction of sp³-hybridized carbons (Fsp3) is 0.611. The maximum Gasteiger partial charge on any atom is 0.253 e. The van der Waals surface area contributed by atoms with Gasteiger partial charge in [-0.25, -0.2) is 12.7 Å². The fourth-order valence-electron chi connectivity index (χ4n) is 3.39. The van der Waals surface area contributed by atoms with Crippen molar-refractivity contribution in [1.82, 2.24) is 14.9 Å². The number of nitrogens with zero attached hydrogens (tertiary/aromatic N) is 2. The predicted molar refractivity (Wildman–Crippen MR) is 104 cm³/mol. The van der Waals surface area contributed by atoms with Crippen LogP contribution >= 0.6 is 0 Å². The van der Waals surface area contributed by atoms with Crippen LogP contribution in [-0.2, 0) is 14.8 Å². The molecule has 1 amide bonds. The van der Waals surface area contributed by atoms with Gasteiger partial charge in [0.05, 0.1) is 23.7 Å². The van der Waals surface area contributed by atoms with E-state index in [1.165, 1.54) is 20.2 Å². The predicted octanol–water partition coefficient (Wildman–Crippen LogP) is 0.255. The number of carbonyl (C=O) groups is 1. The SMILES string of the molecule is CN(C)S(=O)(=O)c1ccc(N2CCOCC2)c(C(=O)NCC2CCCN2)c1. The van der Waals surface area contributed by atoms with Gasteiger partial charge in [-0.2, -0.15) is 0 Å². The van der Waals surface area contributed by atoms with E-state index in [9.17, 15) is 13.2 Å². The molecule has 0 aliphatic carbocycles. The second-order valence-electron chi connectivity index (χ2n) is 7.07. The summed E-state index contributed by atoms with van der Waals surface area (Å²) in [5, 5.41) is 6.31. The van der Waals surface area contributed by atoms with Crippen molar-refractivity contribution in [3.63, 3.8) is 0 Å². The van der Waals surface area contributed by atoms with Gasteiger partial charge in [-0.1, -0.05) is 0 Å². The number of nitrogens with one attached hydrogen (secondary N) is 2. The van der Waals surface area contributed by atoms with Gasteiger partial charge in [0.15, 0.2) is 0 Å². The minimum atomic E-state index is -3.61. The zero-order chi connectivity index (χ0) is 19.4. The minimum Gasteiger partial charge on any atom is -0.378 e. The smallest absolute Gasteiger partial charge is 0.253 e. The van der Waals surface area contributed by atoms with Gasteiger partial charge < -0.3 is 20.3 Å². The molecule has 0 saturated carbocycles. The standard InChI is InChI=1S/C18H28N4O4S/c1-21(2)27(24,25)15-5-6-17(22-8-10-26-11-9-22)16(12-15)18(23)20-13-14-4-3-7-19-14/h5-6,12,14,19H,3-4,7-11,13H2,1-2H3,(H,20,23). The number of rotatable bonds is 6. The zero-order valence-corrected chi connectivity index (χ0v) is 16.7. The quantitative estimate of drug-likeness (QED) is 0.717. The Kier molecular flexibility index (Phi) is 6.36. The number of hydrogen-bond acceptors (Lipinski definition) is 6. The molecule has 8 nitrogen and oxygen atoms in total. The third kappa shape index (κ3) is 4.60. The Hall–Kier alpha value is -1.68.